The number of benzene rings is 1. The quantitative estimate of drug-likeness (QED) is 0.441. The van der Waals surface area contributed by atoms with Gasteiger partial charge < -0.3 is 14.6 Å². The largest absolute Gasteiger partial charge is 0.393 e. The van der Waals surface area contributed by atoms with Gasteiger partial charge in [-0.3, -0.25) is 0 Å². The zero-order valence-corrected chi connectivity index (χ0v) is 13.6. The molecule has 1 aromatic carbocycles. The predicted molar refractivity (Wildman–Crippen MR) is 88.8 cm³/mol. The van der Waals surface area contributed by atoms with Crippen LogP contribution in [-0.2, 0) is 16.1 Å². The highest BCUT2D eigenvalue weighted by Crippen LogP contribution is 2.32. The molecule has 0 bridgehead atoms. The Labute approximate surface area is 134 Å². The average molecular weight is 306 g/mol. The van der Waals surface area contributed by atoms with Gasteiger partial charge in [0.15, 0.2) is 0 Å². The molecule has 1 aliphatic rings. The van der Waals surface area contributed by atoms with Gasteiger partial charge in [0.1, 0.15) is 5.60 Å². The van der Waals surface area contributed by atoms with E-state index < -0.39 is 0 Å². The molecule has 1 aromatic rings. The molecule has 0 spiro atoms. The van der Waals surface area contributed by atoms with E-state index in [1.54, 1.807) is 0 Å². The second kappa shape index (κ2) is 9.98. The van der Waals surface area contributed by atoms with E-state index in [2.05, 4.69) is 24.3 Å². The standard InChI is InChI=1S/C19H30O3/c20-16-19(17-22-19)13-9-4-2-1-3-5-10-14-21-15-18-11-7-6-8-12-18/h6-8,11-12,20H,1-5,9-10,13-17H2. The minimum absolute atomic E-state index is 0.143. The highest BCUT2D eigenvalue weighted by atomic mass is 16.6. The summed E-state index contributed by atoms with van der Waals surface area (Å²) in [4.78, 5) is 0. The molecule has 2 rings (SSSR count). The van der Waals surface area contributed by atoms with E-state index in [0.717, 1.165) is 32.7 Å². The van der Waals surface area contributed by atoms with Gasteiger partial charge in [-0.25, -0.2) is 0 Å². The number of aliphatic hydroxyl groups excluding tert-OH is 1. The fourth-order valence-corrected chi connectivity index (χ4v) is 2.72. The Hall–Kier alpha value is -0.900. The van der Waals surface area contributed by atoms with E-state index in [4.69, 9.17) is 14.6 Å². The molecule has 1 aliphatic heterocycles. The average Bonchev–Trinajstić information content (AvgIpc) is 3.34. The summed E-state index contributed by atoms with van der Waals surface area (Å²) in [6.45, 7) is 2.54. The number of rotatable bonds is 13. The normalized spacial score (nSPS) is 20.2. The van der Waals surface area contributed by atoms with Gasteiger partial charge >= 0.3 is 0 Å². The van der Waals surface area contributed by atoms with Gasteiger partial charge in [0.25, 0.3) is 0 Å². The highest BCUT2D eigenvalue weighted by molar-refractivity contribution is 5.13. The van der Waals surface area contributed by atoms with Crippen LogP contribution in [0.3, 0.4) is 0 Å². The number of aliphatic hydroxyl groups is 1. The van der Waals surface area contributed by atoms with Crippen LogP contribution in [0.2, 0.25) is 0 Å². The Balaban J connectivity index is 1.32. The first-order valence-electron chi connectivity index (χ1n) is 8.71. The molecule has 1 atom stereocenters. The molecule has 0 aliphatic carbocycles. The molecular formula is C19H30O3. The summed E-state index contributed by atoms with van der Waals surface area (Å²) in [6.07, 6.45) is 9.80. The van der Waals surface area contributed by atoms with Gasteiger partial charge in [0.2, 0.25) is 0 Å². The SMILES string of the molecule is OCC1(CCCCCCCCCOCc2ccccc2)CO1. The van der Waals surface area contributed by atoms with Crippen molar-refractivity contribution in [3.8, 4) is 0 Å². The Morgan fingerprint density at radius 1 is 0.955 bits per heavy atom. The van der Waals surface area contributed by atoms with Crippen LogP contribution in [-0.4, -0.2) is 30.5 Å². The van der Waals surface area contributed by atoms with Crippen molar-refractivity contribution in [1.82, 2.24) is 0 Å². The van der Waals surface area contributed by atoms with Gasteiger partial charge in [-0.05, 0) is 18.4 Å². The maximum Gasteiger partial charge on any atom is 0.115 e. The fraction of sp³-hybridized carbons (Fsp3) is 0.684. The molecule has 0 aromatic heterocycles. The minimum atomic E-state index is -0.143. The number of ether oxygens (including phenoxy) is 2. The summed E-state index contributed by atoms with van der Waals surface area (Å²) in [5.41, 5.74) is 1.11. The van der Waals surface area contributed by atoms with Crippen molar-refractivity contribution >= 4 is 0 Å². The van der Waals surface area contributed by atoms with Crippen LogP contribution in [0, 0.1) is 0 Å². The van der Waals surface area contributed by atoms with Crippen LogP contribution >= 0.6 is 0 Å². The van der Waals surface area contributed by atoms with Crippen LogP contribution in [0.4, 0.5) is 0 Å². The first-order chi connectivity index (χ1) is 10.8. The van der Waals surface area contributed by atoms with E-state index in [1.807, 2.05) is 6.07 Å². The van der Waals surface area contributed by atoms with Crippen molar-refractivity contribution in [1.29, 1.82) is 0 Å². The van der Waals surface area contributed by atoms with Crippen LogP contribution in [0.25, 0.3) is 0 Å². The number of unbranched alkanes of at least 4 members (excludes halogenated alkanes) is 6. The van der Waals surface area contributed by atoms with Gasteiger partial charge in [-0.1, -0.05) is 68.9 Å². The van der Waals surface area contributed by atoms with Crippen molar-refractivity contribution in [2.75, 3.05) is 19.8 Å². The lowest BCUT2D eigenvalue weighted by Gasteiger charge is -2.07. The number of hydrogen-bond donors (Lipinski definition) is 1. The van der Waals surface area contributed by atoms with Crippen molar-refractivity contribution in [3.63, 3.8) is 0 Å². The first kappa shape index (κ1) is 17.5. The van der Waals surface area contributed by atoms with E-state index in [-0.39, 0.29) is 12.2 Å². The molecule has 0 amide bonds. The molecule has 1 heterocycles. The monoisotopic (exact) mass is 306 g/mol. The zero-order valence-electron chi connectivity index (χ0n) is 13.6. The van der Waals surface area contributed by atoms with Crippen molar-refractivity contribution in [2.24, 2.45) is 0 Å². The molecule has 0 saturated carbocycles. The molecular weight excluding hydrogens is 276 g/mol. The number of hydrogen-bond acceptors (Lipinski definition) is 3. The lowest BCUT2D eigenvalue weighted by molar-refractivity contribution is 0.116. The summed E-state index contributed by atoms with van der Waals surface area (Å²) < 4.78 is 11.0. The smallest absolute Gasteiger partial charge is 0.115 e. The summed E-state index contributed by atoms with van der Waals surface area (Å²) in [6, 6.07) is 10.3. The Bertz CT molecular complexity index is 387. The number of epoxide rings is 1. The minimum Gasteiger partial charge on any atom is -0.393 e. The topological polar surface area (TPSA) is 42.0 Å². The van der Waals surface area contributed by atoms with E-state index in [9.17, 15) is 0 Å². The third-order valence-corrected chi connectivity index (χ3v) is 4.37. The predicted octanol–water partition coefficient (Wildman–Crippen LogP) is 4.09. The summed E-state index contributed by atoms with van der Waals surface area (Å²) in [5, 5.41) is 9.14. The molecule has 0 radical (unpaired) electrons. The van der Waals surface area contributed by atoms with E-state index in [1.165, 1.54) is 44.1 Å². The second-order valence-corrected chi connectivity index (χ2v) is 6.39. The molecule has 1 fully saturated rings. The maximum absolute atomic E-state index is 9.14. The van der Waals surface area contributed by atoms with E-state index in [0.29, 0.717) is 0 Å². The molecule has 1 N–H and O–H groups in total. The Morgan fingerprint density at radius 3 is 2.23 bits per heavy atom. The van der Waals surface area contributed by atoms with Gasteiger partial charge in [0.05, 0.1) is 19.8 Å². The van der Waals surface area contributed by atoms with Crippen LogP contribution in [0.15, 0.2) is 30.3 Å². The third kappa shape index (κ3) is 6.91. The fourth-order valence-electron chi connectivity index (χ4n) is 2.72. The van der Waals surface area contributed by atoms with Crippen molar-refractivity contribution in [3.05, 3.63) is 35.9 Å². The molecule has 1 unspecified atom stereocenters. The summed E-state index contributed by atoms with van der Waals surface area (Å²) >= 11 is 0. The molecule has 1 saturated heterocycles. The van der Waals surface area contributed by atoms with Crippen LogP contribution in [0.1, 0.15) is 56.9 Å². The highest BCUT2D eigenvalue weighted by Gasteiger charge is 2.43. The van der Waals surface area contributed by atoms with E-state index >= 15 is 0 Å². The van der Waals surface area contributed by atoms with Crippen molar-refractivity contribution < 1.29 is 14.6 Å². The zero-order chi connectivity index (χ0) is 15.5. The van der Waals surface area contributed by atoms with Gasteiger partial charge in [0, 0.05) is 6.61 Å². The second-order valence-electron chi connectivity index (χ2n) is 6.39. The Morgan fingerprint density at radius 2 is 1.59 bits per heavy atom. The van der Waals surface area contributed by atoms with Crippen LogP contribution in [0.5, 0.6) is 0 Å². The molecule has 3 nitrogen and oxygen atoms in total. The van der Waals surface area contributed by atoms with Gasteiger partial charge in [-0.15, -0.1) is 0 Å². The maximum atomic E-state index is 9.14. The van der Waals surface area contributed by atoms with Crippen molar-refractivity contribution in [2.45, 2.75) is 63.6 Å². The van der Waals surface area contributed by atoms with Crippen LogP contribution < -0.4 is 0 Å². The Kier molecular flexibility index (Phi) is 7.92. The molecule has 124 valence electrons. The lowest BCUT2D eigenvalue weighted by Crippen LogP contribution is -2.16. The first-order valence-corrected chi connectivity index (χ1v) is 8.71. The lowest BCUT2D eigenvalue weighted by atomic mass is 10.0. The summed E-state index contributed by atoms with van der Waals surface area (Å²) in [7, 11) is 0. The summed E-state index contributed by atoms with van der Waals surface area (Å²) in [5.74, 6) is 0. The van der Waals surface area contributed by atoms with Gasteiger partial charge in [-0.2, -0.15) is 0 Å². The molecule has 3 heteroatoms. The third-order valence-electron chi connectivity index (χ3n) is 4.37. The molecule has 22 heavy (non-hydrogen) atoms.